The summed E-state index contributed by atoms with van der Waals surface area (Å²) in [5.74, 6) is 0.883. The van der Waals surface area contributed by atoms with E-state index >= 15 is 0 Å². The molecular formula is C17H20O5. The highest BCUT2D eigenvalue weighted by Gasteiger charge is 2.49. The molecule has 118 valence electrons. The number of cyclic esters (lactones) is 1. The van der Waals surface area contributed by atoms with Crippen LogP contribution in [0.2, 0.25) is 0 Å². The number of carbonyl (C=O) groups excluding carboxylic acids is 2. The van der Waals surface area contributed by atoms with E-state index in [9.17, 15) is 9.59 Å². The summed E-state index contributed by atoms with van der Waals surface area (Å²) in [6.07, 6.45) is 2.66. The molecule has 2 heterocycles. The zero-order chi connectivity index (χ0) is 15.7. The van der Waals surface area contributed by atoms with Crippen LogP contribution in [0.15, 0.2) is 12.1 Å². The lowest BCUT2D eigenvalue weighted by atomic mass is 9.76. The van der Waals surface area contributed by atoms with Crippen molar-refractivity contribution in [1.29, 1.82) is 0 Å². The second-order valence-corrected chi connectivity index (χ2v) is 5.93. The number of benzene rings is 1. The van der Waals surface area contributed by atoms with Crippen molar-refractivity contribution in [1.82, 2.24) is 0 Å². The summed E-state index contributed by atoms with van der Waals surface area (Å²) in [7, 11) is 0. The SMILES string of the molecule is CCCc1cc2c(cc1C[C@@]1(C(C)=O)CCOC1=O)OCO2. The lowest BCUT2D eigenvalue weighted by Gasteiger charge is -2.23. The molecule has 1 fully saturated rings. The first-order valence-electron chi connectivity index (χ1n) is 7.66. The molecule has 1 saturated heterocycles. The van der Waals surface area contributed by atoms with Gasteiger partial charge in [-0.05, 0) is 43.0 Å². The average Bonchev–Trinajstić information content (AvgIpc) is 3.07. The maximum atomic E-state index is 12.1. The topological polar surface area (TPSA) is 61.8 Å². The quantitative estimate of drug-likeness (QED) is 0.617. The van der Waals surface area contributed by atoms with E-state index in [4.69, 9.17) is 14.2 Å². The van der Waals surface area contributed by atoms with Crippen molar-refractivity contribution in [2.45, 2.75) is 39.5 Å². The van der Waals surface area contributed by atoms with Gasteiger partial charge in [-0.3, -0.25) is 9.59 Å². The van der Waals surface area contributed by atoms with Crippen molar-refractivity contribution >= 4 is 11.8 Å². The van der Waals surface area contributed by atoms with E-state index in [1.54, 1.807) is 0 Å². The van der Waals surface area contributed by atoms with Crippen LogP contribution >= 0.6 is 0 Å². The fourth-order valence-electron chi connectivity index (χ4n) is 3.18. The molecule has 1 aromatic rings. The van der Waals surface area contributed by atoms with Gasteiger partial charge in [-0.25, -0.2) is 0 Å². The summed E-state index contributed by atoms with van der Waals surface area (Å²) >= 11 is 0. The van der Waals surface area contributed by atoms with Crippen molar-refractivity contribution in [3.63, 3.8) is 0 Å². The molecular weight excluding hydrogens is 284 g/mol. The number of esters is 1. The number of fused-ring (bicyclic) bond motifs is 1. The van der Waals surface area contributed by atoms with Crippen LogP contribution in [-0.4, -0.2) is 25.2 Å². The van der Waals surface area contributed by atoms with E-state index in [2.05, 4.69) is 6.92 Å². The minimum absolute atomic E-state index is 0.130. The smallest absolute Gasteiger partial charge is 0.320 e. The largest absolute Gasteiger partial charge is 0.465 e. The van der Waals surface area contributed by atoms with Gasteiger partial charge in [0, 0.05) is 6.42 Å². The molecule has 1 atom stereocenters. The molecule has 0 radical (unpaired) electrons. The van der Waals surface area contributed by atoms with Gasteiger partial charge in [0.1, 0.15) is 11.2 Å². The minimum atomic E-state index is -1.05. The van der Waals surface area contributed by atoms with Crippen molar-refractivity contribution in [3.8, 4) is 11.5 Å². The molecule has 5 nitrogen and oxygen atoms in total. The molecule has 2 aliphatic rings. The first-order valence-corrected chi connectivity index (χ1v) is 7.66. The molecule has 0 unspecified atom stereocenters. The highest BCUT2D eigenvalue weighted by Crippen LogP contribution is 2.40. The average molecular weight is 304 g/mol. The van der Waals surface area contributed by atoms with Gasteiger partial charge >= 0.3 is 5.97 Å². The zero-order valence-corrected chi connectivity index (χ0v) is 12.9. The van der Waals surface area contributed by atoms with Crippen LogP contribution < -0.4 is 9.47 Å². The molecule has 3 rings (SSSR count). The van der Waals surface area contributed by atoms with E-state index in [0.29, 0.717) is 25.2 Å². The predicted octanol–water partition coefficient (Wildman–Crippen LogP) is 2.43. The molecule has 0 saturated carbocycles. The normalized spacial score (nSPS) is 22.7. The third-order valence-electron chi connectivity index (χ3n) is 4.53. The number of hydrogen-bond acceptors (Lipinski definition) is 5. The summed E-state index contributed by atoms with van der Waals surface area (Å²) in [4.78, 5) is 24.3. The number of ether oxygens (including phenoxy) is 3. The molecule has 0 spiro atoms. The highest BCUT2D eigenvalue weighted by atomic mass is 16.7. The van der Waals surface area contributed by atoms with Crippen LogP contribution in [0, 0.1) is 5.41 Å². The molecule has 0 aliphatic carbocycles. The summed E-state index contributed by atoms with van der Waals surface area (Å²) in [5, 5.41) is 0. The second-order valence-electron chi connectivity index (χ2n) is 5.93. The molecule has 0 N–H and O–H groups in total. The lowest BCUT2D eigenvalue weighted by molar-refractivity contribution is -0.150. The van der Waals surface area contributed by atoms with Crippen molar-refractivity contribution in [3.05, 3.63) is 23.3 Å². The van der Waals surface area contributed by atoms with E-state index in [-0.39, 0.29) is 12.6 Å². The Morgan fingerprint density at radius 1 is 1.18 bits per heavy atom. The summed E-state index contributed by atoms with van der Waals surface area (Å²) in [6, 6.07) is 3.87. The number of ketones is 1. The maximum Gasteiger partial charge on any atom is 0.320 e. The Morgan fingerprint density at radius 3 is 2.41 bits per heavy atom. The number of aryl methyl sites for hydroxylation is 1. The van der Waals surface area contributed by atoms with E-state index < -0.39 is 11.4 Å². The van der Waals surface area contributed by atoms with Gasteiger partial charge in [0.15, 0.2) is 11.5 Å². The monoisotopic (exact) mass is 304 g/mol. The van der Waals surface area contributed by atoms with Gasteiger partial charge in [-0.15, -0.1) is 0 Å². The van der Waals surface area contributed by atoms with Gasteiger partial charge in [0.2, 0.25) is 6.79 Å². The van der Waals surface area contributed by atoms with Crippen molar-refractivity contribution in [2.24, 2.45) is 5.41 Å². The Bertz CT molecular complexity index is 622. The first-order chi connectivity index (χ1) is 10.6. The number of rotatable bonds is 5. The number of Topliss-reactive ketones (excluding diaryl/α,β-unsaturated/α-hetero) is 1. The van der Waals surface area contributed by atoms with Crippen LogP contribution in [0.3, 0.4) is 0 Å². The van der Waals surface area contributed by atoms with Crippen molar-refractivity contribution in [2.75, 3.05) is 13.4 Å². The van der Waals surface area contributed by atoms with E-state index in [0.717, 1.165) is 29.7 Å². The number of hydrogen-bond donors (Lipinski definition) is 0. The minimum Gasteiger partial charge on any atom is -0.465 e. The summed E-state index contributed by atoms with van der Waals surface area (Å²) < 4.78 is 15.9. The standard InChI is InChI=1S/C17H20O5/c1-3-4-12-7-14-15(22-10-21-14)8-13(12)9-17(11(2)18)5-6-20-16(17)19/h7-8H,3-6,9-10H2,1-2H3/t17-/m1/s1. The Balaban J connectivity index is 2.00. The molecule has 22 heavy (non-hydrogen) atoms. The highest BCUT2D eigenvalue weighted by molar-refractivity contribution is 6.04. The van der Waals surface area contributed by atoms with Crippen molar-refractivity contribution < 1.29 is 23.8 Å². The Hall–Kier alpha value is -2.04. The summed E-state index contributed by atoms with van der Waals surface area (Å²) in [6.45, 7) is 4.09. The van der Waals surface area contributed by atoms with Gasteiger partial charge in [0.05, 0.1) is 6.61 Å². The molecule has 0 bridgehead atoms. The molecule has 0 amide bonds. The zero-order valence-electron chi connectivity index (χ0n) is 12.9. The fourth-order valence-corrected chi connectivity index (χ4v) is 3.18. The fraction of sp³-hybridized carbons (Fsp3) is 0.529. The molecule has 2 aliphatic heterocycles. The van der Waals surface area contributed by atoms with Gasteiger partial charge < -0.3 is 14.2 Å². The van der Waals surface area contributed by atoms with E-state index in [1.165, 1.54) is 6.92 Å². The Morgan fingerprint density at radius 2 is 1.86 bits per heavy atom. The number of carbonyl (C=O) groups is 2. The molecule has 0 aromatic heterocycles. The maximum absolute atomic E-state index is 12.1. The lowest BCUT2D eigenvalue weighted by Crippen LogP contribution is -2.36. The van der Waals surface area contributed by atoms with E-state index in [1.807, 2.05) is 12.1 Å². The first kappa shape index (κ1) is 14.9. The molecule has 5 heteroatoms. The summed E-state index contributed by atoms with van der Waals surface area (Å²) in [5.41, 5.74) is 1.03. The Kier molecular flexibility index (Phi) is 3.81. The van der Waals surface area contributed by atoms with Crippen LogP contribution in [0.1, 0.15) is 37.8 Å². The Labute approximate surface area is 129 Å². The van der Waals surface area contributed by atoms with Crippen LogP contribution in [0.4, 0.5) is 0 Å². The van der Waals surface area contributed by atoms with Gasteiger partial charge in [-0.1, -0.05) is 13.3 Å². The second kappa shape index (κ2) is 5.63. The van der Waals surface area contributed by atoms with Gasteiger partial charge in [0.25, 0.3) is 0 Å². The predicted molar refractivity (Wildman–Crippen MR) is 79.0 cm³/mol. The third kappa shape index (κ3) is 2.34. The van der Waals surface area contributed by atoms with Crippen LogP contribution in [-0.2, 0) is 27.2 Å². The van der Waals surface area contributed by atoms with Crippen LogP contribution in [0.5, 0.6) is 11.5 Å². The van der Waals surface area contributed by atoms with Gasteiger partial charge in [-0.2, -0.15) is 0 Å². The molecule has 1 aromatic carbocycles. The third-order valence-corrected chi connectivity index (χ3v) is 4.53. The van der Waals surface area contributed by atoms with Crippen LogP contribution in [0.25, 0.3) is 0 Å².